The molecule has 1 aromatic heterocycles. The predicted octanol–water partition coefficient (Wildman–Crippen LogP) is 6.51. The fourth-order valence-corrected chi connectivity index (χ4v) is 3.36. The fourth-order valence-electron chi connectivity index (χ4n) is 2.77. The summed E-state index contributed by atoms with van der Waals surface area (Å²) in [7, 11) is 0. The molecule has 4 aromatic rings. The second kappa shape index (κ2) is 8.12. The van der Waals surface area contributed by atoms with Crippen molar-refractivity contribution in [2.24, 2.45) is 0 Å². The molecule has 0 saturated heterocycles. The van der Waals surface area contributed by atoms with Gasteiger partial charge in [0, 0.05) is 15.5 Å². The van der Waals surface area contributed by atoms with E-state index in [0.717, 1.165) is 32.3 Å². The van der Waals surface area contributed by atoms with Crippen LogP contribution in [0.15, 0.2) is 71.3 Å². The normalized spacial score (nSPS) is 10.8. The van der Waals surface area contributed by atoms with Gasteiger partial charge in [-0.25, -0.2) is 4.39 Å². The third kappa shape index (κ3) is 4.24. The zero-order valence-corrected chi connectivity index (χ0v) is 16.8. The van der Waals surface area contributed by atoms with Gasteiger partial charge < -0.3 is 10.1 Å². The van der Waals surface area contributed by atoms with Crippen LogP contribution >= 0.6 is 27.5 Å². The molecular formula is C21H14BrClFN3O. The molecule has 0 atom stereocenters. The lowest BCUT2D eigenvalue weighted by molar-refractivity contribution is 0.306. The van der Waals surface area contributed by atoms with Crippen molar-refractivity contribution in [2.45, 2.75) is 6.61 Å². The van der Waals surface area contributed by atoms with E-state index in [1.807, 2.05) is 24.3 Å². The van der Waals surface area contributed by atoms with Crippen molar-refractivity contribution in [2.75, 3.05) is 5.32 Å². The maximum Gasteiger partial charge on any atom is 0.138 e. The van der Waals surface area contributed by atoms with Crippen LogP contribution in [-0.2, 0) is 6.61 Å². The first-order valence-electron chi connectivity index (χ1n) is 8.43. The highest BCUT2D eigenvalue weighted by Crippen LogP contribution is 2.32. The van der Waals surface area contributed by atoms with Gasteiger partial charge in [-0.2, -0.15) is 10.2 Å². The Kier molecular flexibility index (Phi) is 5.41. The Morgan fingerprint density at radius 3 is 2.79 bits per heavy atom. The van der Waals surface area contributed by atoms with Crippen LogP contribution in [0.2, 0.25) is 5.02 Å². The Labute approximate surface area is 174 Å². The lowest BCUT2D eigenvalue weighted by atomic mass is 10.2. The summed E-state index contributed by atoms with van der Waals surface area (Å²) in [5.74, 6) is 0.230. The molecule has 4 rings (SSSR count). The molecule has 7 heteroatoms. The van der Waals surface area contributed by atoms with E-state index in [9.17, 15) is 4.39 Å². The van der Waals surface area contributed by atoms with E-state index in [-0.39, 0.29) is 12.4 Å². The molecule has 1 heterocycles. The number of fused-ring (bicyclic) bond motifs is 1. The minimum Gasteiger partial charge on any atom is -0.487 e. The van der Waals surface area contributed by atoms with Gasteiger partial charge in [0.1, 0.15) is 18.2 Å². The highest BCUT2D eigenvalue weighted by atomic mass is 79.9. The molecule has 140 valence electrons. The second-order valence-corrected chi connectivity index (χ2v) is 7.43. The highest BCUT2D eigenvalue weighted by molar-refractivity contribution is 9.10. The number of ether oxygens (including phenoxy) is 1. The summed E-state index contributed by atoms with van der Waals surface area (Å²) in [6.07, 6.45) is 1.66. The third-order valence-corrected chi connectivity index (χ3v) is 4.88. The fraction of sp³-hybridized carbons (Fsp3) is 0.0476. The first-order valence-corrected chi connectivity index (χ1v) is 9.60. The number of hydrogen-bond donors (Lipinski definition) is 1. The average Bonchev–Trinajstić information content (AvgIpc) is 2.68. The van der Waals surface area contributed by atoms with Crippen LogP contribution < -0.4 is 10.1 Å². The van der Waals surface area contributed by atoms with Crippen LogP contribution in [0.3, 0.4) is 0 Å². The van der Waals surface area contributed by atoms with Gasteiger partial charge in [-0.05, 0) is 54.1 Å². The maximum atomic E-state index is 13.3. The number of halogens is 3. The second-order valence-electron chi connectivity index (χ2n) is 6.11. The molecule has 0 aliphatic heterocycles. The van der Waals surface area contributed by atoms with Gasteiger partial charge in [-0.15, -0.1) is 0 Å². The van der Waals surface area contributed by atoms with E-state index in [0.29, 0.717) is 10.8 Å². The van der Waals surface area contributed by atoms with E-state index < -0.39 is 0 Å². The Hall–Kier alpha value is -2.70. The molecule has 0 unspecified atom stereocenters. The molecule has 1 N–H and O–H groups in total. The standard InChI is InChI=1S/C21H14BrClFN3O/c22-14-4-6-19-17(9-14)20(11-25-27-19)26-16-5-7-21(18(23)10-16)28-12-13-2-1-3-15(24)8-13/h1-11H,12H2,(H,26,27). The minimum atomic E-state index is -0.295. The topological polar surface area (TPSA) is 47.0 Å². The van der Waals surface area contributed by atoms with Crippen molar-refractivity contribution >= 4 is 49.8 Å². The molecule has 0 aliphatic rings. The Morgan fingerprint density at radius 2 is 1.96 bits per heavy atom. The van der Waals surface area contributed by atoms with E-state index in [4.69, 9.17) is 16.3 Å². The summed E-state index contributed by atoms with van der Waals surface area (Å²) in [6, 6.07) is 17.5. The molecule has 28 heavy (non-hydrogen) atoms. The van der Waals surface area contributed by atoms with Crippen molar-refractivity contribution < 1.29 is 9.13 Å². The van der Waals surface area contributed by atoms with Gasteiger partial charge in [0.15, 0.2) is 0 Å². The van der Waals surface area contributed by atoms with E-state index in [1.54, 1.807) is 30.5 Å². The molecule has 0 radical (unpaired) electrons. The summed E-state index contributed by atoms with van der Waals surface area (Å²) in [6.45, 7) is 0.233. The zero-order valence-electron chi connectivity index (χ0n) is 14.5. The number of anilines is 2. The first-order chi connectivity index (χ1) is 13.6. The van der Waals surface area contributed by atoms with Gasteiger partial charge in [0.2, 0.25) is 0 Å². The smallest absolute Gasteiger partial charge is 0.138 e. The molecule has 0 fully saturated rings. The molecular weight excluding hydrogens is 445 g/mol. The lowest BCUT2D eigenvalue weighted by Crippen LogP contribution is -1.98. The predicted molar refractivity (Wildman–Crippen MR) is 113 cm³/mol. The largest absolute Gasteiger partial charge is 0.487 e. The van der Waals surface area contributed by atoms with Crippen LogP contribution in [0, 0.1) is 5.82 Å². The SMILES string of the molecule is Fc1cccc(COc2ccc(Nc3cnnc4ccc(Br)cc34)cc2Cl)c1. The minimum absolute atomic E-state index is 0.233. The van der Waals surface area contributed by atoms with Crippen molar-refractivity contribution in [3.63, 3.8) is 0 Å². The van der Waals surface area contributed by atoms with Crippen molar-refractivity contribution in [1.29, 1.82) is 0 Å². The van der Waals surface area contributed by atoms with Crippen LogP contribution in [-0.4, -0.2) is 10.2 Å². The molecule has 0 saturated carbocycles. The van der Waals surface area contributed by atoms with Crippen molar-refractivity contribution in [1.82, 2.24) is 10.2 Å². The molecule has 0 aliphatic carbocycles. The Bertz CT molecular complexity index is 1160. The highest BCUT2D eigenvalue weighted by Gasteiger charge is 2.08. The third-order valence-electron chi connectivity index (χ3n) is 4.10. The zero-order chi connectivity index (χ0) is 19.5. The number of aromatic nitrogens is 2. The number of nitrogens with one attached hydrogen (secondary N) is 1. The van der Waals surface area contributed by atoms with Crippen molar-refractivity contribution in [3.8, 4) is 5.75 Å². The molecule has 0 amide bonds. The number of nitrogens with zero attached hydrogens (tertiary/aromatic N) is 2. The van der Waals surface area contributed by atoms with Crippen LogP contribution in [0.5, 0.6) is 5.75 Å². The van der Waals surface area contributed by atoms with Crippen LogP contribution in [0.25, 0.3) is 10.9 Å². The Balaban J connectivity index is 1.53. The molecule has 0 spiro atoms. The lowest BCUT2D eigenvalue weighted by Gasteiger charge is -2.12. The summed E-state index contributed by atoms with van der Waals surface area (Å²) in [4.78, 5) is 0. The van der Waals surface area contributed by atoms with Gasteiger partial charge >= 0.3 is 0 Å². The molecule has 3 aromatic carbocycles. The maximum absolute atomic E-state index is 13.3. The van der Waals surface area contributed by atoms with Gasteiger partial charge in [-0.1, -0.05) is 39.7 Å². The monoisotopic (exact) mass is 457 g/mol. The molecule has 0 bridgehead atoms. The van der Waals surface area contributed by atoms with E-state index in [1.165, 1.54) is 12.1 Å². The van der Waals surface area contributed by atoms with E-state index in [2.05, 4.69) is 31.4 Å². The number of benzene rings is 3. The average molecular weight is 459 g/mol. The summed E-state index contributed by atoms with van der Waals surface area (Å²) >= 11 is 9.84. The molecule has 4 nitrogen and oxygen atoms in total. The first kappa shape index (κ1) is 18.7. The van der Waals surface area contributed by atoms with Crippen molar-refractivity contribution in [3.05, 3.63) is 87.7 Å². The van der Waals surface area contributed by atoms with Crippen LogP contribution in [0.4, 0.5) is 15.8 Å². The number of hydrogen-bond acceptors (Lipinski definition) is 4. The van der Waals surface area contributed by atoms with Gasteiger partial charge in [-0.3, -0.25) is 0 Å². The number of rotatable bonds is 5. The van der Waals surface area contributed by atoms with Gasteiger partial charge in [0.25, 0.3) is 0 Å². The van der Waals surface area contributed by atoms with E-state index >= 15 is 0 Å². The van der Waals surface area contributed by atoms with Crippen LogP contribution in [0.1, 0.15) is 5.56 Å². The summed E-state index contributed by atoms with van der Waals surface area (Å²) < 4.78 is 19.9. The summed E-state index contributed by atoms with van der Waals surface area (Å²) in [5, 5.41) is 12.9. The quantitative estimate of drug-likeness (QED) is 0.370. The summed E-state index contributed by atoms with van der Waals surface area (Å²) in [5.41, 5.74) is 3.13. The van der Waals surface area contributed by atoms with Gasteiger partial charge in [0.05, 0.1) is 22.4 Å². The Morgan fingerprint density at radius 1 is 1.07 bits per heavy atom.